The van der Waals surface area contributed by atoms with Gasteiger partial charge in [0.25, 0.3) is 0 Å². The molecule has 2 fully saturated rings. The fourth-order valence-corrected chi connectivity index (χ4v) is 5.22. The van der Waals surface area contributed by atoms with Crippen LogP contribution in [0, 0.1) is 5.82 Å². The minimum Gasteiger partial charge on any atom is -0.383 e. The second-order valence-corrected chi connectivity index (χ2v) is 8.98. The Kier molecular flexibility index (Phi) is 6.37. The predicted molar refractivity (Wildman–Crippen MR) is 98.6 cm³/mol. The van der Waals surface area contributed by atoms with Crippen molar-refractivity contribution in [3.63, 3.8) is 0 Å². The van der Waals surface area contributed by atoms with Crippen molar-refractivity contribution < 1.29 is 22.3 Å². The third-order valence-corrected chi connectivity index (χ3v) is 7.26. The summed E-state index contributed by atoms with van der Waals surface area (Å²) >= 11 is 5.72. The summed E-state index contributed by atoms with van der Waals surface area (Å²) in [6.45, 7) is 3.28. The number of rotatable bonds is 6. The summed E-state index contributed by atoms with van der Waals surface area (Å²) in [6, 6.07) is 3.20. The first-order valence-corrected chi connectivity index (χ1v) is 10.6. The number of sulfonamides is 1. The van der Waals surface area contributed by atoms with Gasteiger partial charge in [-0.15, -0.1) is 0 Å². The number of carbonyl (C=O) groups excluding carboxylic acids is 1. The quantitative estimate of drug-likeness (QED) is 0.689. The lowest BCUT2D eigenvalue weighted by atomic mass is 10.2. The molecule has 0 N–H and O–H groups in total. The topological polar surface area (TPSA) is 70.2 Å². The summed E-state index contributed by atoms with van der Waals surface area (Å²) in [7, 11) is -2.14. The number of carbonyl (C=O) groups is 1. The van der Waals surface area contributed by atoms with Gasteiger partial charge in [0.2, 0.25) is 15.9 Å². The Balaban J connectivity index is 1.62. The normalized spacial score (nSPS) is 22.6. The Labute approximate surface area is 163 Å². The number of methoxy groups -OCH3 is 1. The molecular formula is C17H23ClFN3O4S. The van der Waals surface area contributed by atoms with Crippen LogP contribution in [0.2, 0.25) is 5.02 Å². The van der Waals surface area contributed by atoms with Gasteiger partial charge < -0.3 is 9.64 Å². The number of nitrogens with zero attached hydrogens (tertiary/aromatic N) is 3. The first-order chi connectivity index (χ1) is 12.8. The van der Waals surface area contributed by atoms with Crippen LogP contribution in [0.4, 0.5) is 4.39 Å². The molecule has 1 unspecified atom stereocenters. The van der Waals surface area contributed by atoms with Crippen molar-refractivity contribution in [3.8, 4) is 0 Å². The number of amides is 1. The van der Waals surface area contributed by atoms with Gasteiger partial charge in [0.1, 0.15) is 5.82 Å². The van der Waals surface area contributed by atoms with Crippen LogP contribution in [0.15, 0.2) is 23.1 Å². The molecule has 27 heavy (non-hydrogen) atoms. The average Bonchev–Trinajstić information content (AvgIpc) is 3.02. The zero-order valence-electron chi connectivity index (χ0n) is 15.1. The van der Waals surface area contributed by atoms with Gasteiger partial charge >= 0.3 is 0 Å². The lowest BCUT2D eigenvalue weighted by Crippen LogP contribution is -2.53. The highest BCUT2D eigenvalue weighted by atomic mass is 35.5. The van der Waals surface area contributed by atoms with Crippen LogP contribution in [0.25, 0.3) is 0 Å². The highest BCUT2D eigenvalue weighted by molar-refractivity contribution is 7.89. The Morgan fingerprint density at radius 1 is 1.22 bits per heavy atom. The van der Waals surface area contributed by atoms with E-state index in [0.29, 0.717) is 32.8 Å². The van der Waals surface area contributed by atoms with Crippen LogP contribution in [-0.2, 0) is 19.6 Å². The largest absolute Gasteiger partial charge is 0.383 e. The lowest BCUT2D eigenvalue weighted by Gasteiger charge is -2.36. The van der Waals surface area contributed by atoms with Crippen molar-refractivity contribution in [2.45, 2.75) is 17.4 Å². The average molecular weight is 420 g/mol. The Morgan fingerprint density at radius 2 is 1.93 bits per heavy atom. The summed E-state index contributed by atoms with van der Waals surface area (Å²) in [5, 5.41) is -0.220. The van der Waals surface area contributed by atoms with E-state index in [1.165, 1.54) is 10.4 Å². The number of halogens is 2. The van der Waals surface area contributed by atoms with Gasteiger partial charge in [-0.3, -0.25) is 9.69 Å². The Bertz CT molecular complexity index is 799. The number of likely N-dealkylation sites (tertiary alicyclic amines) is 1. The number of ether oxygens (including phenoxy) is 1. The van der Waals surface area contributed by atoms with Crippen molar-refractivity contribution in [2.24, 2.45) is 0 Å². The molecule has 1 aromatic rings. The third-order valence-electron chi connectivity index (χ3n) is 5.08. The van der Waals surface area contributed by atoms with Gasteiger partial charge in [0.05, 0.1) is 22.6 Å². The maximum atomic E-state index is 13.3. The van der Waals surface area contributed by atoms with Crippen LogP contribution in [0.1, 0.15) is 6.42 Å². The maximum absolute atomic E-state index is 13.3. The first-order valence-electron chi connectivity index (χ1n) is 8.81. The number of hydrogen-bond donors (Lipinski definition) is 0. The zero-order chi connectivity index (χ0) is 19.6. The SMILES string of the molecule is COCCN1CCC(N2CCN(S(=O)(=O)c3ccc(F)c(Cl)c3)CC2)C1=O. The van der Waals surface area contributed by atoms with Gasteiger partial charge in [0.15, 0.2) is 0 Å². The fraction of sp³-hybridized carbons (Fsp3) is 0.588. The summed E-state index contributed by atoms with van der Waals surface area (Å²) in [6.07, 6.45) is 0.739. The van der Waals surface area contributed by atoms with Crippen LogP contribution in [-0.4, -0.2) is 87.5 Å². The van der Waals surface area contributed by atoms with Crippen LogP contribution in [0.5, 0.6) is 0 Å². The molecule has 1 aromatic carbocycles. The highest BCUT2D eigenvalue weighted by Gasteiger charge is 2.38. The van der Waals surface area contributed by atoms with Gasteiger partial charge in [-0.25, -0.2) is 12.8 Å². The second kappa shape index (κ2) is 8.40. The van der Waals surface area contributed by atoms with E-state index in [0.717, 1.165) is 18.6 Å². The standard InChI is InChI=1S/C17H23ClFN3O4S/c1-26-11-10-21-5-4-16(17(21)23)20-6-8-22(9-7-20)27(24,25)13-2-3-15(19)14(18)12-13/h2-3,12,16H,4-11H2,1H3. The molecule has 0 saturated carbocycles. The fourth-order valence-electron chi connectivity index (χ4n) is 3.53. The molecule has 10 heteroatoms. The highest BCUT2D eigenvalue weighted by Crippen LogP contribution is 2.25. The summed E-state index contributed by atoms with van der Waals surface area (Å²) in [4.78, 5) is 16.3. The molecule has 0 aromatic heterocycles. The molecule has 0 aliphatic carbocycles. The van der Waals surface area contributed by atoms with Crippen molar-refractivity contribution in [1.82, 2.24) is 14.1 Å². The van der Waals surface area contributed by atoms with Gasteiger partial charge in [-0.1, -0.05) is 11.6 Å². The van der Waals surface area contributed by atoms with E-state index in [4.69, 9.17) is 16.3 Å². The molecule has 0 radical (unpaired) electrons. The summed E-state index contributed by atoms with van der Waals surface area (Å²) < 4.78 is 45.2. The van der Waals surface area contributed by atoms with E-state index in [2.05, 4.69) is 0 Å². The van der Waals surface area contributed by atoms with E-state index < -0.39 is 15.8 Å². The molecule has 2 aliphatic heterocycles. The molecule has 3 rings (SSSR count). The van der Waals surface area contributed by atoms with E-state index in [-0.39, 0.29) is 35.0 Å². The van der Waals surface area contributed by atoms with E-state index >= 15 is 0 Å². The molecule has 1 amide bonds. The van der Waals surface area contributed by atoms with Gasteiger partial charge in [0, 0.05) is 46.4 Å². The molecule has 150 valence electrons. The van der Waals surface area contributed by atoms with Crippen LogP contribution in [0.3, 0.4) is 0 Å². The van der Waals surface area contributed by atoms with Gasteiger partial charge in [-0.2, -0.15) is 4.31 Å². The lowest BCUT2D eigenvalue weighted by molar-refractivity contribution is -0.133. The summed E-state index contributed by atoms with van der Waals surface area (Å²) in [5.41, 5.74) is 0. The minimum absolute atomic E-state index is 0.0231. The minimum atomic E-state index is -3.74. The predicted octanol–water partition coefficient (Wildman–Crippen LogP) is 1.03. The maximum Gasteiger partial charge on any atom is 0.243 e. The van der Waals surface area contributed by atoms with E-state index in [1.807, 2.05) is 4.90 Å². The Hall–Kier alpha value is -1.26. The number of benzene rings is 1. The second-order valence-electron chi connectivity index (χ2n) is 6.64. The molecule has 0 spiro atoms. The molecule has 1 atom stereocenters. The molecule has 7 nitrogen and oxygen atoms in total. The van der Waals surface area contributed by atoms with Crippen molar-refractivity contribution in [3.05, 3.63) is 29.0 Å². The number of piperazine rings is 1. The van der Waals surface area contributed by atoms with Crippen molar-refractivity contribution in [2.75, 3.05) is 53.0 Å². The number of hydrogen-bond acceptors (Lipinski definition) is 5. The summed E-state index contributed by atoms with van der Waals surface area (Å²) in [5.74, 6) is -0.577. The van der Waals surface area contributed by atoms with Crippen molar-refractivity contribution >= 4 is 27.5 Å². The van der Waals surface area contributed by atoms with Crippen LogP contribution >= 0.6 is 11.6 Å². The molecule has 2 saturated heterocycles. The monoisotopic (exact) mass is 419 g/mol. The third kappa shape index (κ3) is 4.27. The van der Waals surface area contributed by atoms with E-state index in [9.17, 15) is 17.6 Å². The molecule has 2 aliphatic rings. The van der Waals surface area contributed by atoms with Crippen molar-refractivity contribution in [1.29, 1.82) is 0 Å². The zero-order valence-corrected chi connectivity index (χ0v) is 16.7. The molecule has 2 heterocycles. The first kappa shape index (κ1) is 20.5. The molecule has 0 bridgehead atoms. The smallest absolute Gasteiger partial charge is 0.243 e. The Morgan fingerprint density at radius 3 is 2.56 bits per heavy atom. The van der Waals surface area contributed by atoms with E-state index in [1.54, 1.807) is 12.0 Å². The van der Waals surface area contributed by atoms with Gasteiger partial charge in [-0.05, 0) is 24.6 Å². The molecular weight excluding hydrogens is 397 g/mol. The van der Waals surface area contributed by atoms with Crippen LogP contribution < -0.4 is 0 Å².